The summed E-state index contributed by atoms with van der Waals surface area (Å²) in [6.45, 7) is 0.797. The number of amides is 1. The van der Waals surface area contributed by atoms with Crippen LogP contribution in [0.25, 0.3) is 0 Å². The average molecular weight is 297 g/mol. The molecular formula is C15H21F2N3O. The Morgan fingerprint density at radius 3 is 2.62 bits per heavy atom. The largest absolute Gasteiger partial charge is 0.330 e. The third kappa shape index (κ3) is 4.22. The zero-order valence-corrected chi connectivity index (χ0v) is 12.1. The molecule has 4 nitrogen and oxygen atoms in total. The fourth-order valence-electron chi connectivity index (χ4n) is 3.04. The first-order chi connectivity index (χ1) is 9.99. The van der Waals surface area contributed by atoms with Crippen LogP contribution >= 0.6 is 0 Å². The molecule has 0 aliphatic heterocycles. The Bertz CT molecular complexity index is 489. The molecule has 1 fully saturated rings. The van der Waals surface area contributed by atoms with Crippen LogP contribution in [0.1, 0.15) is 19.3 Å². The number of hydrogen-bond donors (Lipinski definition) is 2. The highest BCUT2D eigenvalue weighted by Crippen LogP contribution is 2.28. The smallest absolute Gasteiger partial charge is 0.238 e. The molecule has 0 spiro atoms. The Hall–Kier alpha value is -1.53. The van der Waals surface area contributed by atoms with E-state index < -0.39 is 11.6 Å². The fraction of sp³-hybridized carbons (Fsp3) is 0.533. The van der Waals surface area contributed by atoms with Crippen molar-refractivity contribution in [1.82, 2.24) is 4.90 Å². The standard InChI is InChI=1S/C15H21F2N3O/c1-20(14-4-2-3-10(14)8-18)9-15(21)19-13-6-11(16)5-12(17)7-13/h5-7,10,14H,2-4,8-9,18H2,1H3,(H,19,21). The number of likely N-dealkylation sites (N-methyl/N-ethyl adjacent to an activating group) is 1. The van der Waals surface area contributed by atoms with Gasteiger partial charge in [-0.05, 0) is 44.5 Å². The zero-order valence-electron chi connectivity index (χ0n) is 12.1. The summed E-state index contributed by atoms with van der Waals surface area (Å²) in [5.41, 5.74) is 5.87. The first kappa shape index (κ1) is 15.9. The van der Waals surface area contributed by atoms with Gasteiger partial charge in [0, 0.05) is 17.8 Å². The number of halogens is 2. The average Bonchev–Trinajstić information content (AvgIpc) is 2.85. The van der Waals surface area contributed by atoms with Crippen molar-refractivity contribution in [2.24, 2.45) is 11.7 Å². The number of anilines is 1. The summed E-state index contributed by atoms with van der Waals surface area (Å²) in [4.78, 5) is 13.9. The number of nitrogens with two attached hydrogens (primary N) is 1. The number of nitrogens with zero attached hydrogens (tertiary/aromatic N) is 1. The van der Waals surface area contributed by atoms with Crippen molar-refractivity contribution in [2.75, 3.05) is 25.5 Å². The molecule has 1 amide bonds. The first-order valence-electron chi connectivity index (χ1n) is 7.16. The maximum Gasteiger partial charge on any atom is 0.238 e. The third-order valence-corrected chi connectivity index (χ3v) is 4.03. The highest BCUT2D eigenvalue weighted by molar-refractivity contribution is 5.92. The van der Waals surface area contributed by atoms with Gasteiger partial charge in [-0.3, -0.25) is 9.69 Å². The van der Waals surface area contributed by atoms with Gasteiger partial charge in [0.15, 0.2) is 0 Å². The molecule has 21 heavy (non-hydrogen) atoms. The van der Waals surface area contributed by atoms with Crippen molar-refractivity contribution in [3.63, 3.8) is 0 Å². The molecule has 0 saturated heterocycles. The highest BCUT2D eigenvalue weighted by atomic mass is 19.1. The number of carbonyl (C=O) groups is 1. The molecule has 3 N–H and O–H groups in total. The van der Waals surface area contributed by atoms with Crippen LogP contribution in [-0.4, -0.2) is 37.0 Å². The molecule has 2 atom stereocenters. The lowest BCUT2D eigenvalue weighted by molar-refractivity contribution is -0.117. The lowest BCUT2D eigenvalue weighted by Gasteiger charge is -2.28. The predicted molar refractivity (Wildman–Crippen MR) is 77.8 cm³/mol. The second-order valence-electron chi connectivity index (χ2n) is 5.62. The van der Waals surface area contributed by atoms with Gasteiger partial charge in [-0.15, -0.1) is 0 Å². The quantitative estimate of drug-likeness (QED) is 0.873. The van der Waals surface area contributed by atoms with Crippen LogP contribution in [0.15, 0.2) is 18.2 Å². The third-order valence-electron chi connectivity index (χ3n) is 4.03. The lowest BCUT2D eigenvalue weighted by Crippen LogP contribution is -2.41. The summed E-state index contributed by atoms with van der Waals surface area (Å²) < 4.78 is 26.1. The Morgan fingerprint density at radius 2 is 2.00 bits per heavy atom. The molecule has 6 heteroatoms. The van der Waals surface area contributed by atoms with Gasteiger partial charge in [-0.1, -0.05) is 6.42 Å². The van der Waals surface area contributed by atoms with Crippen LogP contribution in [0, 0.1) is 17.6 Å². The Kier molecular flexibility index (Phi) is 5.25. The maximum absolute atomic E-state index is 13.1. The molecule has 1 saturated carbocycles. The number of nitrogens with one attached hydrogen (secondary N) is 1. The van der Waals surface area contributed by atoms with Crippen LogP contribution in [-0.2, 0) is 4.79 Å². The number of carbonyl (C=O) groups excluding carboxylic acids is 1. The van der Waals surface area contributed by atoms with Gasteiger partial charge in [0.05, 0.1) is 6.54 Å². The molecule has 0 radical (unpaired) electrons. The highest BCUT2D eigenvalue weighted by Gasteiger charge is 2.30. The number of benzene rings is 1. The van der Waals surface area contributed by atoms with E-state index in [4.69, 9.17) is 5.73 Å². The predicted octanol–water partition coefficient (Wildman–Crippen LogP) is 1.96. The summed E-state index contributed by atoms with van der Waals surface area (Å²) in [5, 5.41) is 2.52. The first-order valence-corrected chi connectivity index (χ1v) is 7.16. The lowest BCUT2D eigenvalue weighted by atomic mass is 10.0. The van der Waals surface area contributed by atoms with Gasteiger partial charge in [0.25, 0.3) is 0 Å². The van der Waals surface area contributed by atoms with E-state index in [1.165, 1.54) is 0 Å². The molecule has 0 bridgehead atoms. The minimum absolute atomic E-state index is 0.132. The summed E-state index contributed by atoms with van der Waals surface area (Å²) in [7, 11) is 1.88. The van der Waals surface area contributed by atoms with E-state index in [0.717, 1.165) is 37.5 Å². The Balaban J connectivity index is 1.92. The minimum Gasteiger partial charge on any atom is -0.330 e. The fourth-order valence-corrected chi connectivity index (χ4v) is 3.04. The van der Waals surface area contributed by atoms with E-state index in [0.29, 0.717) is 18.5 Å². The van der Waals surface area contributed by atoms with Crippen LogP contribution in [0.3, 0.4) is 0 Å². The van der Waals surface area contributed by atoms with E-state index in [1.54, 1.807) is 0 Å². The second kappa shape index (κ2) is 6.95. The summed E-state index contributed by atoms with van der Waals surface area (Å²) >= 11 is 0. The molecule has 1 aromatic rings. The van der Waals surface area contributed by atoms with Crippen molar-refractivity contribution in [1.29, 1.82) is 0 Å². The Labute approximate surface area is 123 Å². The zero-order chi connectivity index (χ0) is 15.4. The SMILES string of the molecule is CN(CC(=O)Nc1cc(F)cc(F)c1)C1CCCC1CN. The monoisotopic (exact) mass is 297 g/mol. The van der Waals surface area contributed by atoms with Gasteiger partial charge in [0.2, 0.25) is 5.91 Å². The summed E-state index contributed by atoms with van der Waals surface area (Å²) in [5.74, 6) is -1.30. The van der Waals surface area contributed by atoms with Gasteiger partial charge in [-0.2, -0.15) is 0 Å². The van der Waals surface area contributed by atoms with Crippen LogP contribution in [0.5, 0.6) is 0 Å². The van der Waals surface area contributed by atoms with Crippen LogP contribution < -0.4 is 11.1 Å². The van der Waals surface area contributed by atoms with Gasteiger partial charge >= 0.3 is 0 Å². The number of rotatable bonds is 5. The van der Waals surface area contributed by atoms with Gasteiger partial charge < -0.3 is 11.1 Å². The Morgan fingerprint density at radius 1 is 1.33 bits per heavy atom. The van der Waals surface area contributed by atoms with Crippen molar-refractivity contribution in [3.05, 3.63) is 29.8 Å². The van der Waals surface area contributed by atoms with Crippen molar-refractivity contribution in [3.8, 4) is 0 Å². The molecule has 0 heterocycles. The molecule has 1 aliphatic rings. The van der Waals surface area contributed by atoms with E-state index in [-0.39, 0.29) is 18.1 Å². The van der Waals surface area contributed by atoms with Crippen LogP contribution in [0.4, 0.5) is 14.5 Å². The molecular weight excluding hydrogens is 276 g/mol. The normalized spacial score (nSPS) is 21.8. The van der Waals surface area contributed by atoms with Crippen LogP contribution in [0.2, 0.25) is 0 Å². The molecule has 1 aromatic carbocycles. The maximum atomic E-state index is 13.1. The van der Waals surface area contributed by atoms with E-state index in [1.807, 2.05) is 11.9 Å². The van der Waals surface area contributed by atoms with E-state index in [9.17, 15) is 13.6 Å². The molecule has 1 aliphatic carbocycles. The van der Waals surface area contributed by atoms with Crippen molar-refractivity contribution in [2.45, 2.75) is 25.3 Å². The minimum atomic E-state index is -0.711. The van der Waals surface area contributed by atoms with Gasteiger partial charge in [0.1, 0.15) is 11.6 Å². The summed E-state index contributed by atoms with van der Waals surface area (Å²) in [6, 6.07) is 3.26. The molecule has 0 aromatic heterocycles. The molecule has 2 rings (SSSR count). The molecule has 116 valence electrons. The topological polar surface area (TPSA) is 58.4 Å². The second-order valence-corrected chi connectivity index (χ2v) is 5.62. The summed E-state index contributed by atoms with van der Waals surface area (Å²) in [6.07, 6.45) is 3.23. The van der Waals surface area contributed by atoms with E-state index >= 15 is 0 Å². The van der Waals surface area contributed by atoms with Crippen molar-refractivity contribution >= 4 is 11.6 Å². The molecule has 2 unspecified atom stereocenters. The van der Waals surface area contributed by atoms with Gasteiger partial charge in [-0.25, -0.2) is 8.78 Å². The number of hydrogen-bond acceptors (Lipinski definition) is 3. The van der Waals surface area contributed by atoms with Crippen molar-refractivity contribution < 1.29 is 13.6 Å². The van der Waals surface area contributed by atoms with E-state index in [2.05, 4.69) is 5.32 Å².